The molecule has 0 aliphatic heterocycles. The number of rotatable bonds is 4. The van der Waals surface area contributed by atoms with Crippen molar-refractivity contribution < 1.29 is 9.21 Å². The van der Waals surface area contributed by atoms with Gasteiger partial charge < -0.3 is 9.32 Å². The van der Waals surface area contributed by atoms with Crippen molar-refractivity contribution >= 4 is 16.9 Å². The zero-order valence-electron chi connectivity index (χ0n) is 12.7. The van der Waals surface area contributed by atoms with Gasteiger partial charge in [-0.2, -0.15) is 0 Å². The zero-order valence-corrected chi connectivity index (χ0v) is 12.7. The van der Waals surface area contributed by atoms with Crippen LogP contribution in [0.4, 0.5) is 0 Å². The summed E-state index contributed by atoms with van der Waals surface area (Å²) < 4.78 is 5.73. The van der Waals surface area contributed by atoms with Gasteiger partial charge in [-0.25, -0.2) is 0 Å². The number of carbonyl (C=O) groups excluding carboxylic acids is 1. The average Bonchev–Trinajstić information content (AvgIpc) is 2.90. The van der Waals surface area contributed by atoms with Gasteiger partial charge in [-0.1, -0.05) is 18.2 Å². The third kappa shape index (κ3) is 2.72. The van der Waals surface area contributed by atoms with Crippen LogP contribution >= 0.6 is 0 Å². The summed E-state index contributed by atoms with van der Waals surface area (Å²) >= 11 is 0. The van der Waals surface area contributed by atoms with E-state index < -0.39 is 0 Å². The number of hydrogen-bond donors (Lipinski definition) is 0. The summed E-state index contributed by atoms with van der Waals surface area (Å²) in [4.78, 5) is 18.3. The Labute approximate surface area is 129 Å². The molecule has 0 N–H and O–H groups in total. The summed E-state index contributed by atoms with van der Waals surface area (Å²) in [5.74, 6) is 0.348. The van der Waals surface area contributed by atoms with Gasteiger partial charge in [0.2, 0.25) is 0 Å². The fourth-order valence-electron chi connectivity index (χ4n) is 2.50. The van der Waals surface area contributed by atoms with Crippen molar-refractivity contribution in [3.05, 3.63) is 65.7 Å². The second-order valence-corrected chi connectivity index (χ2v) is 5.38. The first-order chi connectivity index (χ1) is 10.7. The van der Waals surface area contributed by atoms with E-state index in [1.54, 1.807) is 24.3 Å². The Morgan fingerprint density at radius 2 is 1.91 bits per heavy atom. The molecular formula is C18H18N2O2. The van der Waals surface area contributed by atoms with Crippen molar-refractivity contribution in [1.29, 1.82) is 0 Å². The van der Waals surface area contributed by atoms with Crippen molar-refractivity contribution in [2.24, 2.45) is 0 Å². The van der Waals surface area contributed by atoms with E-state index in [0.29, 0.717) is 12.3 Å². The van der Waals surface area contributed by atoms with E-state index in [9.17, 15) is 4.79 Å². The molecule has 3 rings (SSSR count). The highest BCUT2D eigenvalue weighted by Crippen LogP contribution is 2.25. The van der Waals surface area contributed by atoms with Gasteiger partial charge in [0.1, 0.15) is 5.58 Å². The SMILES string of the molecule is Cc1c(C(=O)N(C)CCc2ccncc2)oc2ccccc12. The highest BCUT2D eigenvalue weighted by molar-refractivity contribution is 5.98. The molecule has 0 unspecified atom stereocenters. The molecule has 4 heteroatoms. The van der Waals surface area contributed by atoms with Crippen LogP contribution in [0.2, 0.25) is 0 Å². The minimum atomic E-state index is -0.0808. The van der Waals surface area contributed by atoms with Crippen LogP contribution in [0, 0.1) is 6.92 Å². The molecule has 0 radical (unpaired) electrons. The Bertz CT molecular complexity index is 793. The number of carbonyl (C=O) groups is 1. The Hall–Kier alpha value is -2.62. The number of hydrogen-bond acceptors (Lipinski definition) is 3. The lowest BCUT2D eigenvalue weighted by atomic mass is 10.1. The molecule has 0 aliphatic carbocycles. The fraction of sp³-hybridized carbons (Fsp3) is 0.222. The summed E-state index contributed by atoms with van der Waals surface area (Å²) in [6.45, 7) is 2.56. The van der Waals surface area contributed by atoms with Crippen LogP contribution in [-0.2, 0) is 6.42 Å². The molecule has 0 fully saturated rings. The molecule has 0 saturated heterocycles. The van der Waals surface area contributed by atoms with E-state index in [0.717, 1.165) is 28.5 Å². The van der Waals surface area contributed by atoms with Gasteiger partial charge in [0, 0.05) is 36.9 Å². The summed E-state index contributed by atoms with van der Waals surface area (Å²) in [7, 11) is 1.80. The maximum atomic E-state index is 12.6. The Morgan fingerprint density at radius 1 is 1.18 bits per heavy atom. The van der Waals surface area contributed by atoms with Crippen LogP contribution in [-0.4, -0.2) is 29.4 Å². The molecule has 22 heavy (non-hydrogen) atoms. The molecule has 0 saturated carbocycles. The first-order valence-electron chi connectivity index (χ1n) is 7.29. The second-order valence-electron chi connectivity index (χ2n) is 5.38. The number of furan rings is 1. The lowest BCUT2D eigenvalue weighted by Gasteiger charge is -2.16. The van der Waals surface area contributed by atoms with Crippen LogP contribution in [0.1, 0.15) is 21.7 Å². The van der Waals surface area contributed by atoms with Crippen molar-refractivity contribution in [2.75, 3.05) is 13.6 Å². The van der Waals surface area contributed by atoms with Gasteiger partial charge >= 0.3 is 0 Å². The van der Waals surface area contributed by atoms with E-state index in [1.165, 1.54) is 0 Å². The molecule has 2 aromatic heterocycles. The van der Waals surface area contributed by atoms with Gasteiger partial charge in [-0.15, -0.1) is 0 Å². The molecule has 0 atom stereocenters. The van der Waals surface area contributed by atoms with Crippen molar-refractivity contribution in [1.82, 2.24) is 9.88 Å². The van der Waals surface area contributed by atoms with E-state index in [4.69, 9.17) is 4.42 Å². The Balaban J connectivity index is 1.76. The fourth-order valence-corrected chi connectivity index (χ4v) is 2.50. The smallest absolute Gasteiger partial charge is 0.289 e. The third-order valence-electron chi connectivity index (χ3n) is 3.87. The molecule has 3 aromatic rings. The minimum absolute atomic E-state index is 0.0808. The molecule has 0 aliphatic rings. The largest absolute Gasteiger partial charge is 0.451 e. The van der Waals surface area contributed by atoms with Gasteiger partial charge in [-0.3, -0.25) is 9.78 Å². The number of pyridine rings is 1. The highest BCUT2D eigenvalue weighted by atomic mass is 16.3. The normalized spacial score (nSPS) is 10.8. The lowest BCUT2D eigenvalue weighted by molar-refractivity contribution is 0.0766. The number of aromatic nitrogens is 1. The van der Waals surface area contributed by atoms with Crippen LogP contribution in [0.25, 0.3) is 11.0 Å². The number of fused-ring (bicyclic) bond motifs is 1. The van der Waals surface area contributed by atoms with Crippen molar-refractivity contribution in [3.63, 3.8) is 0 Å². The predicted molar refractivity (Wildman–Crippen MR) is 85.9 cm³/mol. The highest BCUT2D eigenvalue weighted by Gasteiger charge is 2.20. The van der Waals surface area contributed by atoms with Crippen molar-refractivity contribution in [2.45, 2.75) is 13.3 Å². The van der Waals surface area contributed by atoms with Gasteiger partial charge in [0.25, 0.3) is 5.91 Å². The molecule has 1 aromatic carbocycles. The summed E-state index contributed by atoms with van der Waals surface area (Å²) in [6.07, 6.45) is 4.32. The summed E-state index contributed by atoms with van der Waals surface area (Å²) in [5, 5.41) is 0.994. The third-order valence-corrected chi connectivity index (χ3v) is 3.87. The Morgan fingerprint density at radius 3 is 2.64 bits per heavy atom. The van der Waals surface area contributed by atoms with Gasteiger partial charge in [0.05, 0.1) is 0 Å². The molecule has 1 amide bonds. The standard InChI is InChI=1S/C18H18N2O2/c1-13-15-5-3-4-6-16(15)22-17(13)18(21)20(2)12-9-14-7-10-19-11-8-14/h3-8,10-11H,9,12H2,1-2H3. The number of likely N-dealkylation sites (N-methyl/N-ethyl adjacent to an activating group) is 1. The lowest BCUT2D eigenvalue weighted by Crippen LogP contribution is -2.29. The number of para-hydroxylation sites is 1. The topological polar surface area (TPSA) is 46.3 Å². The molecule has 2 heterocycles. The van der Waals surface area contributed by atoms with Crippen LogP contribution < -0.4 is 0 Å². The molecule has 0 bridgehead atoms. The van der Waals surface area contributed by atoms with E-state index >= 15 is 0 Å². The quantitative estimate of drug-likeness (QED) is 0.740. The van der Waals surface area contributed by atoms with E-state index in [1.807, 2.05) is 43.3 Å². The zero-order chi connectivity index (χ0) is 15.5. The maximum absolute atomic E-state index is 12.6. The van der Waals surface area contributed by atoms with E-state index in [2.05, 4.69) is 4.98 Å². The predicted octanol–water partition coefficient (Wildman–Crippen LogP) is 3.45. The number of amides is 1. The van der Waals surface area contributed by atoms with Crippen LogP contribution in [0.3, 0.4) is 0 Å². The van der Waals surface area contributed by atoms with Gasteiger partial charge in [-0.05, 0) is 37.1 Å². The second kappa shape index (κ2) is 6.02. The maximum Gasteiger partial charge on any atom is 0.289 e. The number of benzene rings is 1. The average molecular weight is 294 g/mol. The Kier molecular flexibility index (Phi) is 3.92. The summed E-state index contributed by atoms with van der Waals surface area (Å²) in [6, 6.07) is 11.6. The molecule has 112 valence electrons. The summed E-state index contributed by atoms with van der Waals surface area (Å²) in [5.41, 5.74) is 2.82. The van der Waals surface area contributed by atoms with Crippen molar-refractivity contribution in [3.8, 4) is 0 Å². The van der Waals surface area contributed by atoms with Crippen LogP contribution in [0.15, 0.2) is 53.2 Å². The van der Waals surface area contributed by atoms with E-state index in [-0.39, 0.29) is 5.91 Å². The molecule has 0 spiro atoms. The first kappa shape index (κ1) is 14.3. The number of aryl methyl sites for hydroxylation is 1. The molecule has 4 nitrogen and oxygen atoms in total. The monoisotopic (exact) mass is 294 g/mol. The van der Waals surface area contributed by atoms with Gasteiger partial charge in [0.15, 0.2) is 5.76 Å². The first-order valence-corrected chi connectivity index (χ1v) is 7.29. The molecular weight excluding hydrogens is 276 g/mol. The number of nitrogens with zero attached hydrogens (tertiary/aromatic N) is 2. The van der Waals surface area contributed by atoms with Crippen LogP contribution in [0.5, 0.6) is 0 Å². The minimum Gasteiger partial charge on any atom is -0.451 e.